The van der Waals surface area contributed by atoms with Crippen molar-refractivity contribution in [3.63, 3.8) is 0 Å². The fourth-order valence-electron chi connectivity index (χ4n) is 3.83. The van der Waals surface area contributed by atoms with Crippen LogP contribution in [0.15, 0.2) is 57.8 Å². The monoisotopic (exact) mass is 469 g/mol. The number of hydrogen-bond acceptors (Lipinski definition) is 6. The summed E-state index contributed by atoms with van der Waals surface area (Å²) in [4.78, 5) is 0.204. The first kappa shape index (κ1) is 20.9. The van der Waals surface area contributed by atoms with Crippen LogP contribution in [0.5, 0.6) is 0 Å². The third-order valence-electron chi connectivity index (χ3n) is 5.58. The molecular formula is C22H20ClN5O3S. The molecule has 0 N–H and O–H groups in total. The highest BCUT2D eigenvalue weighted by Crippen LogP contribution is 2.33. The summed E-state index contributed by atoms with van der Waals surface area (Å²) in [7, 11) is -1.85. The average molecular weight is 470 g/mol. The molecule has 0 unspecified atom stereocenters. The number of benzene rings is 2. The number of aryl methyl sites for hydroxylation is 2. The largest absolute Gasteiger partial charge is 0.415 e. The highest BCUT2D eigenvalue weighted by molar-refractivity contribution is 7.89. The van der Waals surface area contributed by atoms with Gasteiger partial charge in [0, 0.05) is 48.4 Å². The Labute approximate surface area is 190 Å². The second-order valence-corrected chi connectivity index (χ2v) is 10.1. The fraction of sp³-hybridized carbons (Fsp3) is 0.227. The van der Waals surface area contributed by atoms with Gasteiger partial charge in [0.2, 0.25) is 15.9 Å². The number of nitrogens with zero attached hydrogens (tertiary/aromatic N) is 5. The first-order chi connectivity index (χ1) is 15.3. The van der Waals surface area contributed by atoms with Crippen LogP contribution in [-0.4, -0.2) is 39.2 Å². The Morgan fingerprint density at radius 1 is 1.00 bits per heavy atom. The summed E-state index contributed by atoms with van der Waals surface area (Å²) in [6.45, 7) is 2.54. The van der Waals surface area contributed by atoms with Gasteiger partial charge in [-0.3, -0.25) is 4.68 Å². The Bertz CT molecular complexity index is 1390. The summed E-state index contributed by atoms with van der Waals surface area (Å²) < 4.78 is 35.5. The van der Waals surface area contributed by atoms with Crippen LogP contribution in [-0.2, 0) is 30.0 Å². The van der Waals surface area contributed by atoms with Crippen molar-refractivity contribution in [3.05, 3.63) is 70.4 Å². The molecule has 4 aromatic rings. The number of hydrogen-bond donors (Lipinski definition) is 0. The molecule has 164 valence electrons. The zero-order valence-electron chi connectivity index (χ0n) is 17.5. The second-order valence-electron chi connectivity index (χ2n) is 7.72. The SMILES string of the molecule is Cc1ccc(-c2nnc(-c3nn(C)c4c3CN(S(=O)(=O)c3ccc(Cl)cc3)CC4)o2)cc1. The Morgan fingerprint density at radius 2 is 1.69 bits per heavy atom. The van der Waals surface area contributed by atoms with Gasteiger partial charge in [0.25, 0.3) is 5.89 Å². The summed E-state index contributed by atoms with van der Waals surface area (Å²) in [6, 6.07) is 14.0. The van der Waals surface area contributed by atoms with Crippen molar-refractivity contribution < 1.29 is 12.8 Å². The zero-order valence-corrected chi connectivity index (χ0v) is 19.1. The molecule has 8 nitrogen and oxygen atoms in total. The number of rotatable bonds is 4. The lowest BCUT2D eigenvalue weighted by molar-refractivity contribution is 0.386. The van der Waals surface area contributed by atoms with E-state index in [2.05, 4.69) is 15.3 Å². The first-order valence-corrected chi connectivity index (χ1v) is 11.9. The van der Waals surface area contributed by atoms with Crippen molar-refractivity contribution in [1.82, 2.24) is 24.3 Å². The van der Waals surface area contributed by atoms with Gasteiger partial charge in [0.1, 0.15) is 0 Å². The van der Waals surface area contributed by atoms with Gasteiger partial charge >= 0.3 is 0 Å². The molecule has 0 saturated carbocycles. The first-order valence-electron chi connectivity index (χ1n) is 10.0. The van der Waals surface area contributed by atoms with E-state index >= 15 is 0 Å². The van der Waals surface area contributed by atoms with E-state index < -0.39 is 10.0 Å². The highest BCUT2D eigenvalue weighted by Gasteiger charge is 2.33. The number of sulfonamides is 1. The van der Waals surface area contributed by atoms with Crippen molar-refractivity contribution in [1.29, 1.82) is 0 Å². The van der Waals surface area contributed by atoms with E-state index in [-0.39, 0.29) is 17.3 Å². The molecular weight excluding hydrogens is 450 g/mol. The van der Waals surface area contributed by atoms with E-state index in [0.717, 1.165) is 22.4 Å². The van der Waals surface area contributed by atoms with Crippen molar-refractivity contribution in [2.45, 2.75) is 24.8 Å². The minimum Gasteiger partial charge on any atom is -0.415 e. The molecule has 0 aliphatic carbocycles. The molecule has 10 heteroatoms. The second kappa shape index (κ2) is 7.84. The minimum atomic E-state index is -3.68. The van der Waals surface area contributed by atoms with Crippen LogP contribution in [0.4, 0.5) is 0 Å². The molecule has 0 radical (unpaired) electrons. The molecule has 2 aromatic heterocycles. The van der Waals surface area contributed by atoms with Gasteiger partial charge in [0.05, 0.1) is 4.90 Å². The molecule has 5 rings (SSSR count). The van der Waals surface area contributed by atoms with Gasteiger partial charge < -0.3 is 4.42 Å². The Hall–Kier alpha value is -3.01. The van der Waals surface area contributed by atoms with Crippen LogP contribution < -0.4 is 0 Å². The van der Waals surface area contributed by atoms with Crippen LogP contribution in [0.3, 0.4) is 0 Å². The smallest absolute Gasteiger partial charge is 0.268 e. The van der Waals surface area contributed by atoms with Gasteiger partial charge in [-0.15, -0.1) is 10.2 Å². The lowest BCUT2D eigenvalue weighted by Crippen LogP contribution is -2.36. The third-order valence-corrected chi connectivity index (χ3v) is 7.70. The van der Waals surface area contributed by atoms with E-state index in [4.69, 9.17) is 16.0 Å². The summed E-state index contributed by atoms with van der Waals surface area (Å²) in [5.74, 6) is 0.657. The molecule has 3 heterocycles. The van der Waals surface area contributed by atoms with Gasteiger partial charge in [-0.1, -0.05) is 29.3 Å². The number of aromatic nitrogens is 4. The molecule has 1 aliphatic rings. The van der Waals surface area contributed by atoms with Crippen molar-refractivity contribution in [2.75, 3.05) is 6.54 Å². The molecule has 0 saturated heterocycles. The third kappa shape index (κ3) is 3.62. The van der Waals surface area contributed by atoms with E-state index in [1.807, 2.05) is 38.2 Å². The van der Waals surface area contributed by atoms with Crippen LogP contribution in [0.1, 0.15) is 16.8 Å². The lowest BCUT2D eigenvalue weighted by atomic mass is 10.1. The predicted molar refractivity (Wildman–Crippen MR) is 119 cm³/mol. The average Bonchev–Trinajstić information content (AvgIpc) is 3.39. The maximum Gasteiger partial charge on any atom is 0.268 e. The normalized spacial score (nSPS) is 14.5. The van der Waals surface area contributed by atoms with Gasteiger partial charge in [0.15, 0.2) is 5.69 Å². The Kier molecular flexibility index (Phi) is 5.11. The van der Waals surface area contributed by atoms with E-state index in [9.17, 15) is 8.42 Å². The molecule has 0 fully saturated rings. The summed E-state index contributed by atoms with van der Waals surface area (Å²) in [5.41, 5.74) is 4.18. The highest BCUT2D eigenvalue weighted by atomic mass is 35.5. The van der Waals surface area contributed by atoms with Crippen LogP contribution in [0, 0.1) is 6.92 Å². The Morgan fingerprint density at radius 3 is 2.41 bits per heavy atom. The predicted octanol–water partition coefficient (Wildman–Crippen LogP) is 3.85. The molecule has 0 atom stereocenters. The van der Waals surface area contributed by atoms with Gasteiger partial charge in [-0.2, -0.15) is 9.40 Å². The number of fused-ring (bicyclic) bond motifs is 1. The van der Waals surface area contributed by atoms with Crippen LogP contribution >= 0.6 is 11.6 Å². The maximum absolute atomic E-state index is 13.2. The van der Waals surface area contributed by atoms with Crippen molar-refractivity contribution in [3.8, 4) is 23.0 Å². The Balaban J connectivity index is 1.49. The van der Waals surface area contributed by atoms with Crippen LogP contribution in [0.25, 0.3) is 23.0 Å². The summed E-state index contributed by atoms with van der Waals surface area (Å²) in [5, 5.41) is 13.4. The molecule has 2 aromatic carbocycles. The molecule has 0 spiro atoms. The maximum atomic E-state index is 13.2. The lowest BCUT2D eigenvalue weighted by Gasteiger charge is -2.26. The number of halogens is 1. The van der Waals surface area contributed by atoms with Gasteiger partial charge in [-0.25, -0.2) is 8.42 Å². The van der Waals surface area contributed by atoms with Crippen molar-refractivity contribution >= 4 is 21.6 Å². The standard InChI is InChI=1S/C22H20ClN5O3S/c1-14-3-5-15(6-4-14)21-24-25-22(31-21)20-18-13-28(12-11-19(18)27(2)26-20)32(29,30)17-9-7-16(23)8-10-17/h3-10H,11-13H2,1-2H3. The summed E-state index contributed by atoms with van der Waals surface area (Å²) >= 11 is 5.92. The molecule has 1 aliphatic heterocycles. The van der Waals surface area contributed by atoms with Crippen molar-refractivity contribution in [2.24, 2.45) is 7.05 Å². The zero-order chi connectivity index (χ0) is 22.5. The fourth-order valence-corrected chi connectivity index (χ4v) is 5.37. The van der Waals surface area contributed by atoms with Gasteiger partial charge in [-0.05, 0) is 43.3 Å². The van der Waals surface area contributed by atoms with E-state index in [1.165, 1.54) is 16.4 Å². The van der Waals surface area contributed by atoms with Crippen LogP contribution in [0.2, 0.25) is 5.02 Å². The molecule has 0 bridgehead atoms. The quantitative estimate of drug-likeness (QED) is 0.450. The topological polar surface area (TPSA) is 94.1 Å². The summed E-state index contributed by atoms with van der Waals surface area (Å²) in [6.07, 6.45) is 0.532. The minimum absolute atomic E-state index is 0.172. The van der Waals surface area contributed by atoms with E-state index in [0.29, 0.717) is 29.6 Å². The molecule has 0 amide bonds. The van der Waals surface area contributed by atoms with E-state index in [1.54, 1.807) is 16.8 Å². The molecule has 32 heavy (non-hydrogen) atoms.